The van der Waals surface area contributed by atoms with Gasteiger partial charge in [-0.15, -0.1) is 0 Å². The maximum atomic E-state index is 10.9. The second-order valence-electron chi connectivity index (χ2n) is 4.73. The van der Waals surface area contributed by atoms with Crippen LogP contribution in [0.1, 0.15) is 24.8 Å². The molecule has 4 heteroatoms. The van der Waals surface area contributed by atoms with Crippen LogP contribution in [0.2, 0.25) is 0 Å². The molecule has 0 amide bonds. The van der Waals surface area contributed by atoms with Crippen LogP contribution in [-0.2, 0) is 11.2 Å². The van der Waals surface area contributed by atoms with Crippen molar-refractivity contribution in [2.45, 2.75) is 37.8 Å². The van der Waals surface area contributed by atoms with Crippen LogP contribution in [-0.4, -0.2) is 23.2 Å². The molecule has 0 radical (unpaired) electrons. The minimum atomic E-state index is -0.803. The first kappa shape index (κ1) is 10.4. The van der Waals surface area contributed by atoms with Crippen molar-refractivity contribution in [2.24, 2.45) is 0 Å². The summed E-state index contributed by atoms with van der Waals surface area (Å²) in [5.41, 5.74) is 1.95. The van der Waals surface area contributed by atoms with Crippen LogP contribution in [0.25, 0.3) is 0 Å². The number of hydrogen-bond donors (Lipinski definition) is 2. The van der Waals surface area contributed by atoms with Gasteiger partial charge in [-0.25, -0.2) is 4.79 Å². The Labute approximate surface area is 99.6 Å². The van der Waals surface area contributed by atoms with Crippen LogP contribution in [0.15, 0.2) is 18.2 Å². The van der Waals surface area contributed by atoms with Gasteiger partial charge in [-0.3, -0.25) is 0 Å². The molecule has 2 N–H and O–H groups in total. The van der Waals surface area contributed by atoms with E-state index >= 15 is 0 Å². The van der Waals surface area contributed by atoms with E-state index in [-0.39, 0.29) is 0 Å². The fourth-order valence-electron chi connectivity index (χ4n) is 2.23. The molecule has 1 fully saturated rings. The summed E-state index contributed by atoms with van der Waals surface area (Å²) >= 11 is 0. The minimum Gasteiger partial charge on any atom is -0.490 e. The Balaban J connectivity index is 1.74. The van der Waals surface area contributed by atoms with Crippen LogP contribution in [0, 0.1) is 0 Å². The number of carboxylic acid groups (broad SMARTS) is 1. The SMILES string of the molecule is O=C(O)C1Cc2ccc(OC3CCC3)cc2N1. The number of rotatable bonds is 3. The predicted molar refractivity (Wildman–Crippen MR) is 63.5 cm³/mol. The van der Waals surface area contributed by atoms with E-state index in [2.05, 4.69) is 5.32 Å². The Hall–Kier alpha value is -1.71. The summed E-state index contributed by atoms with van der Waals surface area (Å²) < 4.78 is 5.78. The molecule has 0 aromatic heterocycles. The van der Waals surface area contributed by atoms with Crippen LogP contribution in [0.3, 0.4) is 0 Å². The fraction of sp³-hybridized carbons (Fsp3) is 0.462. The Bertz CT molecular complexity index is 454. The Morgan fingerprint density at radius 3 is 2.88 bits per heavy atom. The van der Waals surface area contributed by atoms with E-state index < -0.39 is 12.0 Å². The summed E-state index contributed by atoms with van der Waals surface area (Å²) in [4.78, 5) is 10.9. The van der Waals surface area contributed by atoms with Crippen LogP contribution >= 0.6 is 0 Å². The van der Waals surface area contributed by atoms with Gasteiger partial charge in [-0.05, 0) is 30.9 Å². The first-order valence-electron chi connectivity index (χ1n) is 6.01. The molecule has 17 heavy (non-hydrogen) atoms. The molecule has 1 atom stereocenters. The van der Waals surface area contributed by atoms with E-state index in [4.69, 9.17) is 9.84 Å². The average Bonchev–Trinajstić information content (AvgIpc) is 2.66. The Morgan fingerprint density at radius 1 is 1.41 bits per heavy atom. The van der Waals surface area contributed by atoms with Gasteiger partial charge >= 0.3 is 5.97 Å². The number of ether oxygens (including phenoxy) is 1. The maximum Gasteiger partial charge on any atom is 0.326 e. The van der Waals surface area contributed by atoms with Gasteiger partial charge in [-0.1, -0.05) is 6.07 Å². The van der Waals surface area contributed by atoms with Crippen LogP contribution in [0.5, 0.6) is 5.75 Å². The largest absolute Gasteiger partial charge is 0.490 e. The van der Waals surface area contributed by atoms with E-state index in [1.54, 1.807) is 0 Å². The molecule has 1 aromatic rings. The molecular weight excluding hydrogens is 218 g/mol. The summed E-state index contributed by atoms with van der Waals surface area (Å²) in [6.07, 6.45) is 4.40. The number of anilines is 1. The molecule has 1 aliphatic heterocycles. The van der Waals surface area contributed by atoms with Gasteiger partial charge in [0.15, 0.2) is 0 Å². The number of hydrogen-bond acceptors (Lipinski definition) is 3. The molecule has 1 saturated carbocycles. The first-order valence-corrected chi connectivity index (χ1v) is 6.01. The zero-order chi connectivity index (χ0) is 11.8. The fourth-order valence-corrected chi connectivity index (χ4v) is 2.23. The van der Waals surface area contributed by atoms with Crippen molar-refractivity contribution in [1.82, 2.24) is 0 Å². The molecule has 4 nitrogen and oxygen atoms in total. The number of benzene rings is 1. The number of aliphatic carboxylic acids is 1. The zero-order valence-electron chi connectivity index (χ0n) is 9.48. The monoisotopic (exact) mass is 233 g/mol. The molecule has 0 spiro atoms. The van der Waals surface area contributed by atoms with Gasteiger partial charge in [0.1, 0.15) is 11.8 Å². The van der Waals surface area contributed by atoms with Crippen molar-refractivity contribution in [1.29, 1.82) is 0 Å². The molecule has 1 aliphatic carbocycles. The average molecular weight is 233 g/mol. The van der Waals surface area contributed by atoms with Crippen LogP contribution in [0.4, 0.5) is 5.69 Å². The van der Waals surface area contributed by atoms with Crippen molar-refractivity contribution in [3.63, 3.8) is 0 Å². The van der Waals surface area contributed by atoms with Crippen LogP contribution < -0.4 is 10.1 Å². The van der Waals surface area contributed by atoms with Crippen molar-refractivity contribution >= 4 is 11.7 Å². The smallest absolute Gasteiger partial charge is 0.326 e. The third kappa shape index (κ3) is 1.95. The molecule has 2 aliphatic rings. The summed E-state index contributed by atoms with van der Waals surface area (Å²) in [7, 11) is 0. The second kappa shape index (κ2) is 3.95. The second-order valence-corrected chi connectivity index (χ2v) is 4.73. The standard InChI is InChI=1S/C13H15NO3/c15-13(16)12-6-8-4-5-10(7-11(8)14-12)17-9-2-1-3-9/h4-5,7,9,12,14H,1-3,6H2,(H,15,16). The molecular formula is C13H15NO3. The van der Waals surface area contributed by atoms with Gasteiger partial charge in [-0.2, -0.15) is 0 Å². The number of fused-ring (bicyclic) bond motifs is 1. The molecule has 1 unspecified atom stereocenters. The highest BCUT2D eigenvalue weighted by Gasteiger charge is 2.27. The zero-order valence-corrected chi connectivity index (χ0v) is 9.48. The van der Waals surface area contributed by atoms with E-state index in [9.17, 15) is 4.79 Å². The summed E-state index contributed by atoms with van der Waals surface area (Å²) in [6, 6.07) is 5.31. The lowest BCUT2D eigenvalue weighted by Crippen LogP contribution is -2.26. The summed E-state index contributed by atoms with van der Waals surface area (Å²) in [5.74, 6) is 0.0367. The van der Waals surface area contributed by atoms with Gasteiger partial charge in [0.2, 0.25) is 0 Å². The topological polar surface area (TPSA) is 58.6 Å². The predicted octanol–water partition coefficient (Wildman–Crippen LogP) is 2.04. The van der Waals surface area contributed by atoms with E-state index in [1.165, 1.54) is 6.42 Å². The maximum absolute atomic E-state index is 10.9. The summed E-state index contributed by atoms with van der Waals surface area (Å²) in [6.45, 7) is 0. The van der Waals surface area contributed by atoms with Crippen molar-refractivity contribution in [3.8, 4) is 5.75 Å². The number of nitrogens with one attached hydrogen (secondary N) is 1. The van der Waals surface area contributed by atoms with Gasteiger partial charge in [0.25, 0.3) is 0 Å². The highest BCUT2D eigenvalue weighted by molar-refractivity contribution is 5.81. The van der Waals surface area contributed by atoms with Gasteiger partial charge in [0, 0.05) is 18.2 Å². The highest BCUT2D eigenvalue weighted by Crippen LogP contribution is 2.32. The van der Waals surface area contributed by atoms with E-state index in [1.807, 2.05) is 18.2 Å². The van der Waals surface area contributed by atoms with Crippen molar-refractivity contribution in [2.75, 3.05) is 5.32 Å². The Kier molecular flexibility index (Phi) is 2.42. The lowest BCUT2D eigenvalue weighted by Gasteiger charge is -2.26. The molecule has 1 aromatic carbocycles. The van der Waals surface area contributed by atoms with E-state index in [0.29, 0.717) is 12.5 Å². The quantitative estimate of drug-likeness (QED) is 0.838. The normalized spacial score (nSPS) is 22.5. The molecule has 3 rings (SSSR count). The molecule has 90 valence electrons. The van der Waals surface area contributed by atoms with Gasteiger partial charge < -0.3 is 15.2 Å². The summed E-state index contributed by atoms with van der Waals surface area (Å²) in [5, 5.41) is 12.0. The number of carboxylic acids is 1. The number of carbonyl (C=O) groups is 1. The van der Waals surface area contributed by atoms with Crippen molar-refractivity contribution < 1.29 is 14.6 Å². The lowest BCUT2D eigenvalue weighted by atomic mass is 9.96. The molecule has 0 bridgehead atoms. The third-order valence-electron chi connectivity index (χ3n) is 3.49. The third-order valence-corrected chi connectivity index (χ3v) is 3.49. The molecule has 0 saturated heterocycles. The highest BCUT2D eigenvalue weighted by atomic mass is 16.5. The molecule has 1 heterocycles. The van der Waals surface area contributed by atoms with Gasteiger partial charge in [0.05, 0.1) is 6.10 Å². The minimum absolute atomic E-state index is 0.352. The first-order chi connectivity index (χ1) is 8.22. The van der Waals surface area contributed by atoms with Crippen molar-refractivity contribution in [3.05, 3.63) is 23.8 Å². The van der Waals surface area contributed by atoms with E-state index in [0.717, 1.165) is 29.8 Å². The lowest BCUT2D eigenvalue weighted by molar-refractivity contribution is -0.137. The Morgan fingerprint density at radius 2 is 2.24 bits per heavy atom.